The van der Waals surface area contributed by atoms with E-state index >= 15 is 0 Å². The van der Waals surface area contributed by atoms with Gasteiger partial charge in [-0.2, -0.15) is 5.10 Å². The molecule has 4 rings (SSSR count). The van der Waals surface area contributed by atoms with Crippen LogP contribution in [0.3, 0.4) is 0 Å². The Morgan fingerprint density at radius 2 is 1.71 bits per heavy atom. The first-order valence-corrected chi connectivity index (χ1v) is 9.62. The van der Waals surface area contributed by atoms with Gasteiger partial charge in [-0.05, 0) is 18.2 Å². The molecule has 0 bridgehead atoms. The maximum absolute atomic E-state index is 12.9. The van der Waals surface area contributed by atoms with Gasteiger partial charge in [-0.15, -0.1) is 0 Å². The minimum atomic E-state index is -0.192. The highest BCUT2D eigenvalue weighted by atomic mass is 35.5. The van der Waals surface area contributed by atoms with Gasteiger partial charge in [0.15, 0.2) is 0 Å². The fraction of sp³-hybridized carbons (Fsp3) is 0.286. The zero-order valence-electron chi connectivity index (χ0n) is 15.3. The van der Waals surface area contributed by atoms with Crippen molar-refractivity contribution in [2.24, 2.45) is 0 Å². The number of morpholine rings is 1. The molecule has 0 radical (unpaired) electrons. The smallest absolute Gasteiger partial charge is 0.274 e. The Hall–Kier alpha value is -2.70. The monoisotopic (exact) mass is 397 g/mol. The van der Waals surface area contributed by atoms with Gasteiger partial charge in [0.1, 0.15) is 0 Å². The lowest BCUT2D eigenvalue weighted by Crippen LogP contribution is -2.41. The molecule has 6 nitrogen and oxygen atoms in total. The van der Waals surface area contributed by atoms with Crippen LogP contribution in [0.1, 0.15) is 6.42 Å². The highest BCUT2D eigenvalue weighted by molar-refractivity contribution is 6.30. The van der Waals surface area contributed by atoms with Crippen LogP contribution in [0.4, 0.5) is 0 Å². The standard InChI is InChI=1S/C21H20ClN3O3/c22-16-7-5-15(6-8-16)20-17-3-1-2-4-18(17)21(27)25(23-20)10-9-19(26)24-11-13-28-14-12-24/h1-8H,9-14H2. The average Bonchev–Trinajstić information content (AvgIpc) is 2.74. The molecule has 0 N–H and O–H groups in total. The summed E-state index contributed by atoms with van der Waals surface area (Å²) in [6, 6.07) is 14.7. The van der Waals surface area contributed by atoms with Gasteiger partial charge in [-0.3, -0.25) is 9.59 Å². The molecule has 1 aliphatic heterocycles. The summed E-state index contributed by atoms with van der Waals surface area (Å²) in [6.45, 7) is 2.53. The van der Waals surface area contributed by atoms with Gasteiger partial charge in [-0.1, -0.05) is 41.9 Å². The van der Waals surface area contributed by atoms with E-state index in [4.69, 9.17) is 16.3 Å². The topological polar surface area (TPSA) is 64.4 Å². The van der Waals surface area contributed by atoms with Crippen LogP contribution in [-0.4, -0.2) is 46.9 Å². The van der Waals surface area contributed by atoms with E-state index in [-0.39, 0.29) is 24.4 Å². The number of amides is 1. The largest absolute Gasteiger partial charge is 0.378 e. The maximum atomic E-state index is 12.9. The summed E-state index contributed by atoms with van der Waals surface area (Å²) in [5.74, 6) is 0.0122. The third-order valence-corrected chi connectivity index (χ3v) is 5.14. The average molecular weight is 398 g/mol. The van der Waals surface area contributed by atoms with Crippen molar-refractivity contribution in [1.29, 1.82) is 0 Å². The fourth-order valence-electron chi connectivity index (χ4n) is 3.38. The highest BCUT2D eigenvalue weighted by Gasteiger charge is 2.18. The second-order valence-electron chi connectivity index (χ2n) is 6.67. The lowest BCUT2D eigenvalue weighted by molar-refractivity contribution is -0.135. The van der Waals surface area contributed by atoms with Gasteiger partial charge < -0.3 is 9.64 Å². The number of aryl methyl sites for hydroxylation is 1. The quantitative estimate of drug-likeness (QED) is 0.679. The third kappa shape index (κ3) is 3.79. The minimum absolute atomic E-state index is 0.0122. The van der Waals surface area contributed by atoms with Crippen LogP contribution in [0.25, 0.3) is 22.0 Å². The number of carbonyl (C=O) groups excluding carboxylic acids is 1. The first-order chi connectivity index (χ1) is 13.6. The second-order valence-corrected chi connectivity index (χ2v) is 7.11. The van der Waals surface area contributed by atoms with Gasteiger partial charge in [-0.25, -0.2) is 4.68 Å². The molecule has 1 aliphatic rings. The number of fused-ring (bicyclic) bond motifs is 1. The number of ether oxygens (including phenoxy) is 1. The number of rotatable bonds is 4. The van der Waals surface area contributed by atoms with Gasteiger partial charge in [0, 0.05) is 35.5 Å². The molecule has 1 fully saturated rings. The molecule has 2 aromatic carbocycles. The highest BCUT2D eigenvalue weighted by Crippen LogP contribution is 2.25. The Morgan fingerprint density at radius 1 is 1.04 bits per heavy atom. The van der Waals surface area contributed by atoms with E-state index in [1.54, 1.807) is 23.1 Å². The van der Waals surface area contributed by atoms with Gasteiger partial charge >= 0.3 is 0 Å². The van der Waals surface area contributed by atoms with Crippen LogP contribution >= 0.6 is 11.6 Å². The Labute approximate surface area is 167 Å². The molecule has 28 heavy (non-hydrogen) atoms. The summed E-state index contributed by atoms with van der Waals surface area (Å²) in [5.41, 5.74) is 1.38. The Bertz CT molecular complexity index is 1060. The molecule has 0 aliphatic carbocycles. The Kier molecular flexibility index (Phi) is 5.41. The maximum Gasteiger partial charge on any atom is 0.274 e. The minimum Gasteiger partial charge on any atom is -0.378 e. The fourth-order valence-corrected chi connectivity index (χ4v) is 3.51. The predicted molar refractivity (Wildman–Crippen MR) is 108 cm³/mol. The van der Waals surface area contributed by atoms with Gasteiger partial charge in [0.25, 0.3) is 5.56 Å². The van der Waals surface area contributed by atoms with E-state index < -0.39 is 0 Å². The van der Waals surface area contributed by atoms with Crippen LogP contribution in [0, 0.1) is 0 Å². The summed E-state index contributed by atoms with van der Waals surface area (Å²) in [6.07, 6.45) is 0.227. The van der Waals surface area contributed by atoms with Gasteiger partial charge in [0.2, 0.25) is 5.91 Å². The molecule has 0 atom stereocenters. The predicted octanol–water partition coefficient (Wildman–Crippen LogP) is 2.97. The molecule has 7 heteroatoms. The zero-order chi connectivity index (χ0) is 19.5. The van der Waals surface area contributed by atoms with Crippen LogP contribution in [0.15, 0.2) is 53.3 Å². The SMILES string of the molecule is O=C(CCn1nc(-c2ccc(Cl)cc2)c2ccccc2c1=O)N1CCOCC1. The van der Waals surface area contributed by atoms with Crippen LogP contribution in [-0.2, 0) is 16.1 Å². The van der Waals surface area contributed by atoms with Crippen molar-refractivity contribution in [2.45, 2.75) is 13.0 Å². The summed E-state index contributed by atoms with van der Waals surface area (Å²) >= 11 is 6.01. The molecule has 144 valence electrons. The first-order valence-electron chi connectivity index (χ1n) is 9.25. The summed E-state index contributed by atoms with van der Waals surface area (Å²) in [7, 11) is 0. The van der Waals surface area contributed by atoms with Gasteiger partial charge in [0.05, 0.1) is 30.8 Å². The molecule has 1 aromatic heterocycles. The van der Waals surface area contributed by atoms with Crippen molar-refractivity contribution in [3.05, 3.63) is 63.9 Å². The number of carbonyl (C=O) groups is 1. The summed E-state index contributed by atoms with van der Waals surface area (Å²) in [5, 5.41) is 6.59. The molecule has 1 amide bonds. The summed E-state index contributed by atoms with van der Waals surface area (Å²) < 4.78 is 6.68. The van der Waals surface area contributed by atoms with E-state index in [1.807, 2.05) is 30.3 Å². The van der Waals surface area contributed by atoms with E-state index in [2.05, 4.69) is 5.10 Å². The Balaban J connectivity index is 1.68. The van der Waals surface area contributed by atoms with Crippen LogP contribution in [0.5, 0.6) is 0 Å². The molecular weight excluding hydrogens is 378 g/mol. The van der Waals surface area contributed by atoms with E-state index in [1.165, 1.54) is 4.68 Å². The van der Waals surface area contributed by atoms with E-state index in [0.717, 1.165) is 10.9 Å². The lowest BCUT2D eigenvalue weighted by Gasteiger charge is -2.26. The van der Waals surface area contributed by atoms with Crippen molar-refractivity contribution in [1.82, 2.24) is 14.7 Å². The van der Waals surface area contributed by atoms with Crippen molar-refractivity contribution in [3.63, 3.8) is 0 Å². The lowest BCUT2D eigenvalue weighted by atomic mass is 10.1. The first kappa shape index (κ1) is 18.7. The zero-order valence-corrected chi connectivity index (χ0v) is 16.1. The summed E-state index contributed by atoms with van der Waals surface area (Å²) in [4.78, 5) is 27.1. The number of aromatic nitrogens is 2. The van der Waals surface area contributed by atoms with Crippen LogP contribution < -0.4 is 5.56 Å². The molecule has 1 saturated heterocycles. The number of nitrogens with zero attached hydrogens (tertiary/aromatic N) is 3. The van der Waals surface area contributed by atoms with Crippen molar-refractivity contribution < 1.29 is 9.53 Å². The number of benzene rings is 2. The molecular formula is C21H20ClN3O3. The molecule has 0 unspecified atom stereocenters. The number of hydrogen-bond donors (Lipinski definition) is 0. The third-order valence-electron chi connectivity index (χ3n) is 4.89. The normalized spacial score (nSPS) is 14.4. The van der Waals surface area contributed by atoms with Crippen LogP contribution in [0.2, 0.25) is 5.02 Å². The molecule has 0 saturated carbocycles. The Morgan fingerprint density at radius 3 is 2.43 bits per heavy atom. The van der Waals surface area contributed by atoms with E-state index in [9.17, 15) is 9.59 Å². The molecule has 3 aromatic rings. The van der Waals surface area contributed by atoms with Crippen molar-refractivity contribution in [3.8, 4) is 11.3 Å². The molecule has 0 spiro atoms. The second kappa shape index (κ2) is 8.12. The van der Waals surface area contributed by atoms with E-state index in [0.29, 0.717) is 42.4 Å². The van der Waals surface area contributed by atoms with Crippen molar-refractivity contribution >= 4 is 28.3 Å². The number of halogens is 1. The molecule has 2 heterocycles. The van der Waals surface area contributed by atoms with Crippen molar-refractivity contribution in [2.75, 3.05) is 26.3 Å². The number of hydrogen-bond acceptors (Lipinski definition) is 4.